The van der Waals surface area contributed by atoms with Crippen LogP contribution >= 0.6 is 0 Å². The molecule has 0 bridgehead atoms. The van der Waals surface area contributed by atoms with E-state index in [2.05, 4.69) is 10.4 Å². The molecule has 3 rings (SSSR count). The van der Waals surface area contributed by atoms with Gasteiger partial charge in [0.25, 0.3) is 5.56 Å². The number of hydrogen-bond donors (Lipinski definition) is 1. The quantitative estimate of drug-likeness (QED) is 0.754. The summed E-state index contributed by atoms with van der Waals surface area (Å²) in [6, 6.07) is 17.2. The molecule has 0 aliphatic carbocycles. The normalized spacial score (nSPS) is 11.7. The minimum Gasteiger partial charge on any atom is -0.497 e. The molecule has 0 saturated carbocycles. The van der Waals surface area contributed by atoms with Crippen molar-refractivity contribution in [2.45, 2.75) is 19.9 Å². The van der Waals surface area contributed by atoms with Gasteiger partial charge in [-0.1, -0.05) is 24.3 Å². The maximum Gasteiger partial charge on any atom is 0.267 e. The van der Waals surface area contributed by atoms with Gasteiger partial charge < -0.3 is 10.1 Å². The lowest BCUT2D eigenvalue weighted by atomic mass is 10.1. The number of nitrogens with one attached hydrogen (secondary N) is 1. The average Bonchev–Trinajstić information content (AvgIpc) is 2.68. The van der Waals surface area contributed by atoms with Crippen molar-refractivity contribution in [3.63, 3.8) is 0 Å². The van der Waals surface area contributed by atoms with Gasteiger partial charge >= 0.3 is 0 Å². The van der Waals surface area contributed by atoms with Gasteiger partial charge in [-0.05, 0) is 49.7 Å². The molecule has 1 amide bonds. The highest BCUT2D eigenvalue weighted by Gasteiger charge is 2.18. The second-order valence-corrected chi connectivity index (χ2v) is 6.27. The summed E-state index contributed by atoms with van der Waals surface area (Å²) in [6.45, 7) is 3.59. The van der Waals surface area contributed by atoms with Gasteiger partial charge in [-0.2, -0.15) is 5.10 Å². The first-order valence-corrected chi connectivity index (χ1v) is 8.60. The number of hydrogen-bond acceptors (Lipinski definition) is 4. The minimum absolute atomic E-state index is 0.307. The highest BCUT2D eigenvalue weighted by atomic mass is 16.5. The number of methoxy groups -OCH3 is 1. The smallest absolute Gasteiger partial charge is 0.267 e. The van der Waals surface area contributed by atoms with Crippen molar-refractivity contribution < 1.29 is 9.53 Å². The summed E-state index contributed by atoms with van der Waals surface area (Å²) in [5, 5.41) is 7.21. The molecule has 6 nitrogen and oxygen atoms in total. The third kappa shape index (κ3) is 4.23. The Morgan fingerprint density at radius 1 is 1.11 bits per heavy atom. The molecule has 1 aromatic heterocycles. The fourth-order valence-electron chi connectivity index (χ4n) is 2.72. The summed E-state index contributed by atoms with van der Waals surface area (Å²) in [5.74, 6) is 0.385. The molecule has 0 fully saturated rings. The van der Waals surface area contributed by atoms with Crippen LogP contribution in [0, 0.1) is 6.92 Å². The van der Waals surface area contributed by atoms with Crippen molar-refractivity contribution in [2.24, 2.45) is 0 Å². The van der Waals surface area contributed by atoms with Crippen molar-refractivity contribution in [2.75, 3.05) is 12.4 Å². The van der Waals surface area contributed by atoms with Crippen LogP contribution < -0.4 is 15.6 Å². The molecule has 0 aliphatic heterocycles. The Morgan fingerprint density at radius 2 is 1.89 bits per heavy atom. The maximum absolute atomic E-state index is 12.6. The Hall–Kier alpha value is -3.41. The van der Waals surface area contributed by atoms with Crippen LogP contribution in [0.2, 0.25) is 0 Å². The van der Waals surface area contributed by atoms with Crippen LogP contribution in [0.5, 0.6) is 5.75 Å². The van der Waals surface area contributed by atoms with Gasteiger partial charge in [-0.3, -0.25) is 9.59 Å². The Balaban J connectivity index is 1.89. The minimum atomic E-state index is -0.761. The maximum atomic E-state index is 12.6. The van der Waals surface area contributed by atoms with Crippen LogP contribution in [0.15, 0.2) is 65.5 Å². The molecule has 1 atom stereocenters. The van der Waals surface area contributed by atoms with Crippen LogP contribution in [-0.2, 0) is 4.79 Å². The SMILES string of the molecule is COc1cccc(-c2ccc(=O)n(C(C)C(=O)Nc3cccc(C)c3)n2)c1. The lowest BCUT2D eigenvalue weighted by Crippen LogP contribution is -2.33. The zero-order valence-electron chi connectivity index (χ0n) is 15.5. The van der Waals surface area contributed by atoms with E-state index in [0.29, 0.717) is 17.1 Å². The molecule has 0 spiro atoms. The second-order valence-electron chi connectivity index (χ2n) is 6.27. The van der Waals surface area contributed by atoms with Crippen LogP contribution in [0.1, 0.15) is 18.5 Å². The van der Waals surface area contributed by atoms with Crippen LogP contribution in [-0.4, -0.2) is 22.8 Å². The molecule has 2 aromatic carbocycles. The largest absolute Gasteiger partial charge is 0.497 e. The molecule has 1 N–H and O–H groups in total. The van der Waals surface area contributed by atoms with Gasteiger partial charge in [0.05, 0.1) is 12.8 Å². The molecule has 138 valence electrons. The number of rotatable bonds is 5. The predicted molar refractivity (Wildman–Crippen MR) is 105 cm³/mol. The molecule has 1 heterocycles. The van der Waals surface area contributed by atoms with Gasteiger partial charge in [0, 0.05) is 17.3 Å². The molecule has 27 heavy (non-hydrogen) atoms. The summed E-state index contributed by atoms with van der Waals surface area (Å²) < 4.78 is 6.43. The number of aromatic nitrogens is 2. The Labute approximate surface area is 157 Å². The number of anilines is 1. The lowest BCUT2D eigenvalue weighted by Gasteiger charge is -2.15. The first-order chi connectivity index (χ1) is 13.0. The molecule has 3 aromatic rings. The molecule has 0 radical (unpaired) electrons. The first kappa shape index (κ1) is 18.4. The summed E-state index contributed by atoms with van der Waals surface area (Å²) in [7, 11) is 1.59. The lowest BCUT2D eigenvalue weighted by molar-refractivity contribution is -0.119. The van der Waals surface area contributed by atoms with Gasteiger partial charge in [-0.25, -0.2) is 4.68 Å². The van der Waals surface area contributed by atoms with Gasteiger partial charge in [0.1, 0.15) is 11.8 Å². The highest BCUT2D eigenvalue weighted by molar-refractivity contribution is 5.93. The van der Waals surface area contributed by atoms with Crippen LogP contribution in [0.3, 0.4) is 0 Å². The molecular formula is C21H21N3O3. The molecular weight excluding hydrogens is 342 g/mol. The van der Waals surface area contributed by atoms with E-state index in [1.165, 1.54) is 10.7 Å². The number of nitrogens with zero attached hydrogens (tertiary/aromatic N) is 2. The number of ether oxygens (including phenoxy) is 1. The van der Waals surface area contributed by atoms with E-state index < -0.39 is 6.04 Å². The second kappa shape index (κ2) is 7.86. The van der Waals surface area contributed by atoms with E-state index in [1.54, 1.807) is 26.2 Å². The topological polar surface area (TPSA) is 73.2 Å². The van der Waals surface area contributed by atoms with E-state index in [1.807, 2.05) is 49.4 Å². The highest BCUT2D eigenvalue weighted by Crippen LogP contribution is 2.21. The third-order valence-electron chi connectivity index (χ3n) is 4.22. The van der Waals surface area contributed by atoms with Gasteiger partial charge in [0.15, 0.2) is 0 Å². The van der Waals surface area contributed by atoms with Crippen molar-refractivity contribution in [3.8, 4) is 17.0 Å². The van der Waals surface area contributed by atoms with Crippen molar-refractivity contribution in [1.29, 1.82) is 0 Å². The fourth-order valence-corrected chi connectivity index (χ4v) is 2.72. The predicted octanol–water partition coefficient (Wildman–Crippen LogP) is 3.43. The number of aryl methyl sites for hydroxylation is 1. The summed E-state index contributed by atoms with van der Waals surface area (Å²) in [5.41, 5.74) is 2.77. The Morgan fingerprint density at radius 3 is 2.63 bits per heavy atom. The standard InChI is InChI=1S/C21H21N3O3/c1-14-6-4-8-17(12-14)22-21(26)15(2)24-20(25)11-10-19(23-24)16-7-5-9-18(13-16)27-3/h4-13,15H,1-3H3,(H,22,26). The van der Waals surface area contributed by atoms with Crippen molar-refractivity contribution in [3.05, 3.63) is 76.6 Å². The zero-order valence-corrected chi connectivity index (χ0v) is 15.5. The molecule has 0 saturated heterocycles. The van der Waals surface area contributed by atoms with E-state index in [9.17, 15) is 9.59 Å². The average molecular weight is 363 g/mol. The van der Waals surface area contributed by atoms with Crippen molar-refractivity contribution >= 4 is 11.6 Å². The first-order valence-electron chi connectivity index (χ1n) is 8.60. The van der Waals surface area contributed by atoms with E-state index >= 15 is 0 Å². The molecule has 6 heteroatoms. The summed E-state index contributed by atoms with van der Waals surface area (Å²) in [4.78, 5) is 24.9. The number of amides is 1. The van der Waals surface area contributed by atoms with Crippen LogP contribution in [0.25, 0.3) is 11.3 Å². The third-order valence-corrected chi connectivity index (χ3v) is 4.22. The van der Waals surface area contributed by atoms with E-state index in [4.69, 9.17) is 4.74 Å². The Bertz CT molecular complexity index is 1030. The Kier molecular flexibility index (Phi) is 5.35. The number of carbonyl (C=O) groups excluding carboxylic acids is 1. The number of carbonyl (C=O) groups is 1. The summed E-state index contributed by atoms with van der Waals surface area (Å²) >= 11 is 0. The van der Waals surface area contributed by atoms with E-state index in [0.717, 1.165) is 11.1 Å². The van der Waals surface area contributed by atoms with E-state index in [-0.39, 0.29) is 11.5 Å². The monoisotopic (exact) mass is 363 g/mol. The zero-order chi connectivity index (χ0) is 19.4. The fraction of sp³-hybridized carbons (Fsp3) is 0.190. The molecule has 0 aliphatic rings. The number of benzene rings is 2. The summed E-state index contributed by atoms with van der Waals surface area (Å²) in [6.07, 6.45) is 0. The van der Waals surface area contributed by atoms with Crippen molar-refractivity contribution in [1.82, 2.24) is 9.78 Å². The molecule has 1 unspecified atom stereocenters. The van der Waals surface area contributed by atoms with Gasteiger partial charge in [-0.15, -0.1) is 0 Å². The van der Waals surface area contributed by atoms with Crippen LogP contribution in [0.4, 0.5) is 5.69 Å². The van der Waals surface area contributed by atoms with Gasteiger partial charge in [0.2, 0.25) is 5.91 Å².